The predicted octanol–water partition coefficient (Wildman–Crippen LogP) is 8.10. The third-order valence-corrected chi connectivity index (χ3v) is 6.54. The molecule has 0 saturated heterocycles. The van der Waals surface area contributed by atoms with Gasteiger partial charge in [0.2, 0.25) is 0 Å². The maximum absolute atomic E-state index is 13.9. The van der Waals surface area contributed by atoms with Gasteiger partial charge < -0.3 is 9.84 Å². The van der Waals surface area contributed by atoms with Crippen LogP contribution in [-0.4, -0.2) is 16.1 Å². The largest absolute Gasteiger partial charge is 0.489 e. The first-order chi connectivity index (χ1) is 18.7. The number of pyridine rings is 1. The molecule has 0 aliphatic rings. The Balaban J connectivity index is 1.57. The van der Waals surface area contributed by atoms with Crippen LogP contribution in [0, 0.1) is 6.92 Å². The number of carboxylic acid groups (broad SMARTS) is 1. The number of aliphatic carboxylic acids is 1. The molecular formula is C32H24F3NO3. The van der Waals surface area contributed by atoms with E-state index in [0.717, 1.165) is 28.3 Å². The van der Waals surface area contributed by atoms with Crippen LogP contribution in [0.5, 0.6) is 5.75 Å². The molecule has 0 aliphatic carbocycles. The Labute approximate surface area is 223 Å². The van der Waals surface area contributed by atoms with E-state index in [9.17, 15) is 18.0 Å². The molecule has 0 bridgehead atoms. The van der Waals surface area contributed by atoms with Crippen molar-refractivity contribution in [1.82, 2.24) is 4.98 Å². The van der Waals surface area contributed by atoms with E-state index in [-0.39, 0.29) is 18.5 Å². The summed E-state index contributed by atoms with van der Waals surface area (Å²) in [5, 5.41) is 9.35. The van der Waals surface area contributed by atoms with Gasteiger partial charge in [-0.1, -0.05) is 72.8 Å². The number of rotatable bonds is 7. The van der Waals surface area contributed by atoms with E-state index in [1.807, 2.05) is 61.5 Å². The molecule has 1 aromatic heterocycles. The third kappa shape index (κ3) is 5.62. The van der Waals surface area contributed by atoms with E-state index in [2.05, 4.69) is 4.98 Å². The summed E-state index contributed by atoms with van der Waals surface area (Å²) < 4.78 is 47.6. The van der Waals surface area contributed by atoms with Crippen molar-refractivity contribution in [3.05, 3.63) is 119 Å². The lowest BCUT2D eigenvalue weighted by Gasteiger charge is -2.18. The molecule has 4 nitrogen and oxygen atoms in total. The number of carboxylic acids is 1. The van der Waals surface area contributed by atoms with Crippen molar-refractivity contribution in [3.63, 3.8) is 0 Å². The summed E-state index contributed by atoms with van der Waals surface area (Å²) in [6.45, 7) is 2.20. The molecule has 0 saturated carbocycles. The van der Waals surface area contributed by atoms with Crippen molar-refractivity contribution < 1.29 is 27.8 Å². The molecule has 0 fully saturated rings. The molecule has 5 rings (SSSR count). The summed E-state index contributed by atoms with van der Waals surface area (Å²) in [6, 6.07) is 26.2. The Morgan fingerprint density at radius 2 is 1.59 bits per heavy atom. The van der Waals surface area contributed by atoms with Crippen LogP contribution >= 0.6 is 0 Å². The molecule has 4 aromatic carbocycles. The van der Waals surface area contributed by atoms with E-state index >= 15 is 0 Å². The average molecular weight is 528 g/mol. The fourth-order valence-corrected chi connectivity index (χ4v) is 4.68. The molecule has 1 N–H and O–H groups in total. The van der Waals surface area contributed by atoms with Gasteiger partial charge in [0, 0.05) is 22.7 Å². The summed E-state index contributed by atoms with van der Waals surface area (Å²) in [7, 11) is 0. The van der Waals surface area contributed by atoms with Gasteiger partial charge in [0.15, 0.2) is 0 Å². The minimum absolute atomic E-state index is 0.0532. The summed E-state index contributed by atoms with van der Waals surface area (Å²) >= 11 is 0. The molecule has 1 heterocycles. The second-order valence-corrected chi connectivity index (χ2v) is 9.26. The molecule has 7 heteroatoms. The van der Waals surface area contributed by atoms with Crippen LogP contribution in [0.1, 0.15) is 22.3 Å². The van der Waals surface area contributed by atoms with E-state index in [0.29, 0.717) is 27.8 Å². The van der Waals surface area contributed by atoms with Gasteiger partial charge in [0.25, 0.3) is 0 Å². The first-order valence-electron chi connectivity index (χ1n) is 12.3. The number of nitrogens with zero attached hydrogens (tertiary/aromatic N) is 1. The number of benzene rings is 4. The van der Waals surface area contributed by atoms with Crippen LogP contribution in [0.15, 0.2) is 97.2 Å². The van der Waals surface area contributed by atoms with Gasteiger partial charge in [-0.2, -0.15) is 13.2 Å². The zero-order valence-electron chi connectivity index (χ0n) is 21.0. The van der Waals surface area contributed by atoms with E-state index < -0.39 is 17.7 Å². The minimum Gasteiger partial charge on any atom is -0.489 e. The standard InChI is InChI=1S/C32H24F3NO3/c1-20-6-2-3-9-25(20)27-18-36-31-26(10-5-11-28(31)32(33,34)35)30(27)23-7-4-8-24(17-23)39-19-22-14-12-21(13-15-22)16-29(37)38/h2-15,17-18H,16,19H2,1H3,(H,37,38). The zero-order valence-corrected chi connectivity index (χ0v) is 21.0. The van der Waals surface area contributed by atoms with Gasteiger partial charge in [-0.15, -0.1) is 0 Å². The van der Waals surface area contributed by atoms with Gasteiger partial charge in [-0.25, -0.2) is 0 Å². The summed E-state index contributed by atoms with van der Waals surface area (Å²) in [5.41, 5.74) is 4.60. The molecule has 0 unspecified atom stereocenters. The second kappa shape index (κ2) is 10.6. The Bertz CT molecular complexity index is 1660. The van der Waals surface area contributed by atoms with Crippen molar-refractivity contribution in [2.75, 3.05) is 0 Å². The lowest BCUT2D eigenvalue weighted by molar-refractivity contribution is -0.137. The molecule has 0 atom stereocenters. The number of ether oxygens (including phenoxy) is 1. The van der Waals surface area contributed by atoms with Crippen LogP contribution < -0.4 is 4.74 Å². The predicted molar refractivity (Wildman–Crippen MR) is 144 cm³/mol. The maximum Gasteiger partial charge on any atom is 0.418 e. The SMILES string of the molecule is Cc1ccccc1-c1cnc2c(C(F)(F)F)cccc2c1-c1cccc(OCc2ccc(CC(=O)O)cc2)c1. The molecule has 0 radical (unpaired) electrons. The van der Waals surface area contributed by atoms with Crippen LogP contribution in [0.4, 0.5) is 13.2 Å². The molecule has 39 heavy (non-hydrogen) atoms. The highest BCUT2D eigenvalue weighted by atomic mass is 19.4. The van der Waals surface area contributed by atoms with Crippen molar-refractivity contribution in [1.29, 1.82) is 0 Å². The van der Waals surface area contributed by atoms with E-state index in [1.165, 1.54) is 12.3 Å². The van der Waals surface area contributed by atoms with Crippen LogP contribution in [0.3, 0.4) is 0 Å². The highest BCUT2D eigenvalue weighted by Crippen LogP contribution is 2.42. The average Bonchev–Trinajstić information content (AvgIpc) is 2.91. The minimum atomic E-state index is -4.54. The fraction of sp³-hybridized carbons (Fsp3) is 0.125. The number of hydrogen-bond acceptors (Lipinski definition) is 3. The number of halogens is 3. The lowest BCUT2D eigenvalue weighted by Crippen LogP contribution is -2.07. The number of hydrogen-bond donors (Lipinski definition) is 1. The maximum atomic E-state index is 13.9. The number of fused-ring (bicyclic) bond motifs is 1. The van der Waals surface area contributed by atoms with E-state index in [1.54, 1.807) is 24.3 Å². The number of aryl methyl sites for hydroxylation is 1. The second-order valence-electron chi connectivity index (χ2n) is 9.26. The topological polar surface area (TPSA) is 59.4 Å². The fourth-order valence-electron chi connectivity index (χ4n) is 4.68. The van der Waals surface area contributed by atoms with Gasteiger partial charge in [-0.05, 0) is 52.9 Å². The number of carbonyl (C=O) groups is 1. The van der Waals surface area contributed by atoms with Crippen molar-refractivity contribution >= 4 is 16.9 Å². The molecule has 0 aliphatic heterocycles. The summed E-state index contributed by atoms with van der Waals surface area (Å²) in [5.74, 6) is -0.346. The van der Waals surface area contributed by atoms with E-state index in [4.69, 9.17) is 9.84 Å². The molecule has 0 amide bonds. The lowest BCUT2D eigenvalue weighted by atomic mass is 9.90. The highest BCUT2D eigenvalue weighted by molar-refractivity contribution is 6.03. The molecular weight excluding hydrogens is 503 g/mol. The zero-order chi connectivity index (χ0) is 27.6. The number of alkyl halides is 3. The van der Waals surface area contributed by atoms with Crippen molar-refractivity contribution in [2.45, 2.75) is 26.1 Å². The van der Waals surface area contributed by atoms with Gasteiger partial charge >= 0.3 is 12.1 Å². The Kier molecular flexibility index (Phi) is 7.07. The first-order valence-corrected chi connectivity index (χ1v) is 12.3. The number of aromatic nitrogens is 1. The van der Waals surface area contributed by atoms with Crippen LogP contribution in [0.2, 0.25) is 0 Å². The third-order valence-electron chi connectivity index (χ3n) is 6.54. The van der Waals surface area contributed by atoms with Crippen molar-refractivity contribution in [2.24, 2.45) is 0 Å². The Morgan fingerprint density at radius 3 is 2.31 bits per heavy atom. The molecule has 196 valence electrons. The summed E-state index contributed by atoms with van der Waals surface area (Å²) in [6.07, 6.45) is -3.08. The quantitative estimate of drug-likeness (QED) is 0.232. The van der Waals surface area contributed by atoms with Gasteiger partial charge in [-0.3, -0.25) is 9.78 Å². The monoisotopic (exact) mass is 527 g/mol. The summed E-state index contributed by atoms with van der Waals surface area (Å²) in [4.78, 5) is 15.2. The molecule has 0 spiro atoms. The Hall–Kier alpha value is -4.65. The Morgan fingerprint density at radius 1 is 0.872 bits per heavy atom. The highest BCUT2D eigenvalue weighted by Gasteiger charge is 2.33. The van der Waals surface area contributed by atoms with Gasteiger partial charge in [0.1, 0.15) is 12.4 Å². The normalized spacial score (nSPS) is 11.5. The first kappa shape index (κ1) is 26.0. The smallest absolute Gasteiger partial charge is 0.418 e. The van der Waals surface area contributed by atoms with Crippen molar-refractivity contribution in [3.8, 4) is 28.0 Å². The molecule has 5 aromatic rings. The number of para-hydroxylation sites is 1. The van der Waals surface area contributed by atoms with Crippen LogP contribution in [-0.2, 0) is 24.0 Å². The van der Waals surface area contributed by atoms with Gasteiger partial charge in [0.05, 0.1) is 17.5 Å². The van der Waals surface area contributed by atoms with Crippen LogP contribution in [0.25, 0.3) is 33.2 Å².